The zero-order valence-corrected chi connectivity index (χ0v) is 10.3. The number of aliphatic carboxylic acids is 1. The summed E-state index contributed by atoms with van der Waals surface area (Å²) in [5.74, 6) is -1.43. The molecule has 0 fully saturated rings. The van der Waals surface area contributed by atoms with E-state index in [0.29, 0.717) is 12.0 Å². The van der Waals surface area contributed by atoms with Crippen molar-refractivity contribution in [3.05, 3.63) is 35.9 Å². The highest BCUT2D eigenvalue weighted by Gasteiger charge is 2.26. The third-order valence-corrected chi connectivity index (χ3v) is 3.96. The lowest BCUT2D eigenvalue weighted by Gasteiger charge is -2.17. The van der Waals surface area contributed by atoms with Crippen LogP contribution in [0.1, 0.15) is 24.2 Å². The molecule has 0 radical (unpaired) electrons. The first-order chi connectivity index (χ1) is 8.06. The molecule has 0 aliphatic carbocycles. The lowest BCUT2D eigenvalue weighted by atomic mass is 10.1. The standard InChI is InChI=1S/C12H15NO3S/c1-2-9(11(13)14)17-10(12(15)16)8-6-4-3-5-7-8/h3-7,9-10H,2H2,1H3,(H2,13,14)(H,15,16). The minimum atomic E-state index is -0.957. The van der Waals surface area contributed by atoms with E-state index in [1.807, 2.05) is 13.0 Å². The SMILES string of the molecule is CCC(SC(C(=O)O)c1ccccc1)C(N)=O. The van der Waals surface area contributed by atoms with Crippen molar-refractivity contribution in [1.82, 2.24) is 0 Å². The molecule has 17 heavy (non-hydrogen) atoms. The monoisotopic (exact) mass is 253 g/mol. The molecule has 92 valence electrons. The van der Waals surface area contributed by atoms with Crippen LogP contribution in [0.25, 0.3) is 0 Å². The van der Waals surface area contributed by atoms with Crippen LogP contribution >= 0.6 is 11.8 Å². The van der Waals surface area contributed by atoms with Gasteiger partial charge >= 0.3 is 5.97 Å². The molecule has 1 rings (SSSR count). The van der Waals surface area contributed by atoms with Gasteiger partial charge in [0.15, 0.2) is 0 Å². The van der Waals surface area contributed by atoms with Crippen LogP contribution in [0.3, 0.4) is 0 Å². The van der Waals surface area contributed by atoms with E-state index in [0.717, 1.165) is 11.8 Å². The maximum Gasteiger partial charge on any atom is 0.321 e. The molecule has 3 N–H and O–H groups in total. The number of benzene rings is 1. The summed E-state index contributed by atoms with van der Waals surface area (Å²) in [7, 11) is 0. The smallest absolute Gasteiger partial charge is 0.321 e. The van der Waals surface area contributed by atoms with Crippen LogP contribution in [0.4, 0.5) is 0 Å². The Bertz CT molecular complexity index is 394. The molecule has 0 heterocycles. The number of hydrogen-bond acceptors (Lipinski definition) is 3. The van der Waals surface area contributed by atoms with Gasteiger partial charge in [-0.15, -0.1) is 11.8 Å². The highest BCUT2D eigenvalue weighted by Crippen LogP contribution is 2.33. The van der Waals surface area contributed by atoms with Crippen LogP contribution in [-0.4, -0.2) is 22.2 Å². The summed E-state index contributed by atoms with van der Waals surface area (Å²) in [6.07, 6.45) is 0.524. The summed E-state index contributed by atoms with van der Waals surface area (Å²) in [5, 5.41) is 7.95. The number of thioether (sulfide) groups is 1. The fourth-order valence-corrected chi connectivity index (χ4v) is 2.52. The summed E-state index contributed by atoms with van der Waals surface area (Å²) in [5.41, 5.74) is 5.89. The molecule has 0 aliphatic rings. The first-order valence-corrected chi connectivity index (χ1v) is 6.23. The van der Waals surface area contributed by atoms with Gasteiger partial charge < -0.3 is 10.8 Å². The fraction of sp³-hybridized carbons (Fsp3) is 0.333. The number of carboxylic acid groups (broad SMARTS) is 1. The topological polar surface area (TPSA) is 80.4 Å². The molecule has 1 aromatic carbocycles. The van der Waals surface area contributed by atoms with Crippen molar-refractivity contribution in [1.29, 1.82) is 0 Å². The second kappa shape index (κ2) is 6.30. The number of rotatable bonds is 6. The van der Waals surface area contributed by atoms with Gasteiger partial charge in [-0.2, -0.15) is 0 Å². The van der Waals surface area contributed by atoms with Crippen LogP contribution in [0.15, 0.2) is 30.3 Å². The molecule has 4 nitrogen and oxygen atoms in total. The number of carboxylic acids is 1. The van der Waals surface area contributed by atoms with Crippen LogP contribution in [0, 0.1) is 0 Å². The van der Waals surface area contributed by atoms with Crippen molar-refractivity contribution < 1.29 is 14.7 Å². The van der Waals surface area contributed by atoms with E-state index >= 15 is 0 Å². The molecule has 5 heteroatoms. The summed E-state index contributed by atoms with van der Waals surface area (Å²) >= 11 is 1.09. The maximum absolute atomic E-state index is 11.2. The van der Waals surface area contributed by atoms with Gasteiger partial charge in [-0.05, 0) is 12.0 Å². The normalized spacial score (nSPS) is 13.9. The molecule has 2 unspecified atom stereocenters. The lowest BCUT2D eigenvalue weighted by molar-refractivity contribution is -0.136. The zero-order chi connectivity index (χ0) is 12.8. The Labute approximate surface area is 104 Å². The van der Waals surface area contributed by atoms with Crippen molar-refractivity contribution in [2.75, 3.05) is 0 Å². The van der Waals surface area contributed by atoms with E-state index in [4.69, 9.17) is 5.73 Å². The molecule has 0 aromatic heterocycles. The van der Waals surface area contributed by atoms with E-state index < -0.39 is 22.4 Å². The first-order valence-electron chi connectivity index (χ1n) is 5.28. The van der Waals surface area contributed by atoms with Crippen molar-refractivity contribution in [3.8, 4) is 0 Å². The van der Waals surface area contributed by atoms with Gasteiger partial charge in [0.25, 0.3) is 0 Å². The van der Waals surface area contributed by atoms with E-state index in [-0.39, 0.29) is 0 Å². The van der Waals surface area contributed by atoms with Crippen LogP contribution in [-0.2, 0) is 9.59 Å². The van der Waals surface area contributed by atoms with Crippen LogP contribution < -0.4 is 5.73 Å². The number of nitrogens with two attached hydrogens (primary N) is 1. The summed E-state index contributed by atoms with van der Waals surface area (Å²) in [6, 6.07) is 8.84. The Morgan fingerprint density at radius 3 is 2.35 bits per heavy atom. The van der Waals surface area contributed by atoms with E-state index in [1.54, 1.807) is 24.3 Å². The molecule has 0 saturated carbocycles. The Hall–Kier alpha value is -1.49. The summed E-state index contributed by atoms with van der Waals surface area (Å²) in [6.45, 7) is 1.81. The minimum absolute atomic E-state index is 0.473. The summed E-state index contributed by atoms with van der Waals surface area (Å²) < 4.78 is 0. The van der Waals surface area contributed by atoms with Gasteiger partial charge in [-0.3, -0.25) is 9.59 Å². The van der Waals surface area contributed by atoms with Gasteiger partial charge in [0.2, 0.25) is 5.91 Å². The highest BCUT2D eigenvalue weighted by atomic mass is 32.2. The van der Waals surface area contributed by atoms with Gasteiger partial charge in [0.05, 0.1) is 5.25 Å². The number of carbonyl (C=O) groups excluding carboxylic acids is 1. The Morgan fingerprint density at radius 1 is 1.35 bits per heavy atom. The molecular weight excluding hydrogens is 238 g/mol. The second-order valence-corrected chi connectivity index (χ2v) is 4.88. The van der Waals surface area contributed by atoms with Crippen LogP contribution in [0.5, 0.6) is 0 Å². The van der Waals surface area contributed by atoms with Gasteiger partial charge in [-0.1, -0.05) is 37.3 Å². The molecule has 1 amide bonds. The highest BCUT2D eigenvalue weighted by molar-refractivity contribution is 8.01. The first kappa shape index (κ1) is 13.6. The Balaban J connectivity index is 2.88. The third kappa shape index (κ3) is 3.78. The number of amides is 1. The molecular formula is C12H15NO3S. The third-order valence-electron chi connectivity index (χ3n) is 2.32. The predicted octanol–water partition coefficient (Wildman–Crippen LogP) is 1.81. The fourth-order valence-electron chi connectivity index (χ4n) is 1.44. The van der Waals surface area contributed by atoms with Gasteiger partial charge in [0, 0.05) is 0 Å². The van der Waals surface area contributed by atoms with Crippen molar-refractivity contribution in [3.63, 3.8) is 0 Å². The summed E-state index contributed by atoms with van der Waals surface area (Å²) in [4.78, 5) is 22.3. The second-order valence-electron chi connectivity index (χ2n) is 3.56. The molecule has 0 aliphatic heterocycles. The van der Waals surface area contributed by atoms with Crippen LogP contribution in [0.2, 0.25) is 0 Å². The zero-order valence-electron chi connectivity index (χ0n) is 9.50. The number of hydrogen-bond donors (Lipinski definition) is 2. The quantitative estimate of drug-likeness (QED) is 0.810. The van der Waals surface area contributed by atoms with E-state index in [1.165, 1.54) is 0 Å². The van der Waals surface area contributed by atoms with Gasteiger partial charge in [0.1, 0.15) is 5.25 Å². The largest absolute Gasteiger partial charge is 0.480 e. The molecule has 1 aromatic rings. The minimum Gasteiger partial charge on any atom is -0.480 e. The molecule has 0 saturated heterocycles. The average Bonchev–Trinajstić information content (AvgIpc) is 2.30. The van der Waals surface area contributed by atoms with Crippen molar-refractivity contribution in [2.45, 2.75) is 23.8 Å². The number of carbonyl (C=O) groups is 2. The van der Waals surface area contributed by atoms with Gasteiger partial charge in [-0.25, -0.2) is 0 Å². The predicted molar refractivity (Wildman–Crippen MR) is 67.7 cm³/mol. The van der Waals surface area contributed by atoms with Crippen molar-refractivity contribution >= 4 is 23.6 Å². The Morgan fingerprint density at radius 2 is 1.94 bits per heavy atom. The average molecular weight is 253 g/mol. The number of primary amides is 1. The lowest BCUT2D eigenvalue weighted by Crippen LogP contribution is -2.27. The van der Waals surface area contributed by atoms with E-state index in [2.05, 4.69) is 0 Å². The van der Waals surface area contributed by atoms with Crippen molar-refractivity contribution in [2.24, 2.45) is 5.73 Å². The molecule has 0 spiro atoms. The van der Waals surface area contributed by atoms with E-state index in [9.17, 15) is 14.7 Å². The maximum atomic E-state index is 11.2. The molecule has 2 atom stereocenters. The Kier molecular flexibility index (Phi) is 5.03. The molecule has 0 bridgehead atoms.